The van der Waals surface area contributed by atoms with Crippen molar-refractivity contribution in [3.05, 3.63) is 160 Å². The van der Waals surface area contributed by atoms with E-state index in [0.29, 0.717) is 99.1 Å². The number of amides is 8. The van der Waals surface area contributed by atoms with Gasteiger partial charge in [-0.25, -0.2) is 36.8 Å². The maximum Gasteiger partial charge on any atom is 0.407 e. The van der Waals surface area contributed by atoms with Gasteiger partial charge in [-0.2, -0.15) is 0 Å². The number of aromatic amines is 2. The molecule has 6 aromatic carbocycles. The topological polar surface area (TPSA) is 419 Å². The maximum absolute atomic E-state index is 15.6. The van der Waals surface area contributed by atoms with Crippen molar-refractivity contribution in [3.63, 3.8) is 0 Å². The summed E-state index contributed by atoms with van der Waals surface area (Å²) in [6.07, 6.45) is 7.23. The second-order valence-corrected chi connectivity index (χ2v) is 38.6. The number of methoxy groups -OCH3 is 4. The van der Waals surface area contributed by atoms with E-state index in [-0.39, 0.29) is 101 Å². The van der Waals surface area contributed by atoms with Crippen LogP contribution >= 0.6 is 11.6 Å². The second-order valence-electron chi connectivity index (χ2n) is 36.2. The standard InChI is InChI=1S/C49H64FN7O10S.C46H55ClFN9O6/c1-27(2)32(25-44(58)66-5)48(62)55-20-8-10-41(55)46(60)53-37-15-12-29(22-35(37)51)39-17-18-40(57(39)31-14-19-43(34(50)24-31)68(7,64)65)30-13-16-38(36(52)23-30)54-47(61)42-11-9-21-56(42)49(63)33(28(3)4)26-45(59)67-6;1-24(2)39(53-45(60)62-5)43(58)55-19-7-9-37(55)41-49-31-15-11-26(21-33(31)51-41)35-17-18-36(57(35)28-13-14-29(47)30(48)23-28)27-12-16-32-34(22-27)52-42(50-32)38-10-8-20-56(38)44(59)40(25(3)4)54-46(61)63-6/h12-16,19,22-24,27-28,32-33,39-42H,8-11,17-18,20-21,25-26,51-52H2,1-7H3,(H,53,60)(H,54,61);11-16,21-25,35-40H,7-10,17-20H2,1-6H3,(H,49,51)(H,50,52)(H,53,60)(H,54,61)/t32-,33-,39+,40+,41-,42-;35-,36-,37+,38+,39+,40+/m01/s1. The largest absolute Gasteiger partial charge is 0.469 e. The zero-order valence-electron chi connectivity index (χ0n) is 76.2. The fraction of sp³-hybridized carbons (Fsp3) is 0.495. The van der Waals surface area contributed by atoms with Gasteiger partial charge in [0.05, 0.1) is 139 Å². The summed E-state index contributed by atoms with van der Waals surface area (Å²) in [6.45, 7) is 16.8. The minimum Gasteiger partial charge on any atom is -0.469 e. The van der Waals surface area contributed by atoms with E-state index in [1.54, 1.807) is 58.3 Å². The third-order valence-corrected chi connectivity index (χ3v) is 27.9. The number of nitrogens with one attached hydrogen (secondary N) is 6. The number of likely N-dealkylation sites (tertiary alicyclic amines) is 4. The van der Waals surface area contributed by atoms with Crippen molar-refractivity contribution in [3.8, 4) is 0 Å². The van der Waals surface area contributed by atoms with Crippen LogP contribution in [-0.4, -0.2) is 193 Å². The molecule has 8 amide bonds. The Bertz CT molecular complexity index is 5480. The first-order valence-corrected chi connectivity index (χ1v) is 47.1. The first kappa shape index (κ1) is 96.4. The predicted molar refractivity (Wildman–Crippen MR) is 492 cm³/mol. The van der Waals surface area contributed by atoms with Gasteiger partial charge in [-0.1, -0.05) is 91.3 Å². The van der Waals surface area contributed by atoms with Crippen molar-refractivity contribution in [2.75, 3.05) is 92.8 Å². The number of ether oxygens (including phenoxy) is 4. The highest BCUT2D eigenvalue weighted by molar-refractivity contribution is 7.90. The molecule has 702 valence electrons. The summed E-state index contributed by atoms with van der Waals surface area (Å²) in [4.78, 5) is 158. The molecule has 0 spiro atoms. The third kappa shape index (κ3) is 21.1. The minimum atomic E-state index is -3.88. The van der Waals surface area contributed by atoms with Crippen molar-refractivity contribution < 1.29 is 84.1 Å². The summed E-state index contributed by atoms with van der Waals surface area (Å²) < 4.78 is 75.0. The summed E-state index contributed by atoms with van der Waals surface area (Å²) in [5.41, 5.74) is 22.2. The number of H-pyrrole nitrogens is 2. The van der Waals surface area contributed by atoms with Crippen LogP contribution in [0.4, 0.5) is 52.5 Å². The van der Waals surface area contributed by atoms with E-state index in [4.69, 9.17) is 52.0 Å². The number of hydrogen-bond donors (Lipinski definition) is 8. The molecule has 14 rings (SSSR count). The molecule has 2 aromatic heterocycles. The normalized spacial score (nSPS) is 20.7. The Morgan fingerprint density at radius 3 is 1.17 bits per heavy atom. The molecule has 6 fully saturated rings. The summed E-state index contributed by atoms with van der Waals surface area (Å²) in [6, 6.07) is 26.9. The van der Waals surface area contributed by atoms with E-state index >= 15 is 8.78 Å². The molecule has 32 nitrogen and oxygen atoms in total. The van der Waals surface area contributed by atoms with Crippen LogP contribution in [0.1, 0.15) is 215 Å². The SMILES string of the molecule is COC(=O)C[C@H](C(=O)N1CCC[C@H]1C(=O)Nc1ccc([C@H]2CC[C@H](c3ccc(NC(=O)[C@@H]4CCCN4C(=O)[C@@H](CC(=O)OC)C(C)C)c(N)c3)N2c2ccc(S(C)(=O)=O)c(F)c2)cc1N)C(C)C.COC(=O)N[C@H](C(=O)N1CCC[C@H]1c1nc2ccc([C@H]3CC[C@H](c4ccc5nc([C@@H]6CCCN6C(=O)[C@@H](NC(=O)OC)C(C)C)[nH]c5c4)N3c3ccc(Cl)c(F)c3)cc2[nH]1)C(C)C. The number of esters is 2. The number of benzene rings is 6. The molecule has 8 aromatic rings. The molecule has 0 saturated carbocycles. The molecule has 8 heterocycles. The van der Waals surface area contributed by atoms with Crippen molar-refractivity contribution in [1.29, 1.82) is 0 Å². The lowest BCUT2D eigenvalue weighted by molar-refractivity contribution is -0.149. The van der Waals surface area contributed by atoms with Crippen LogP contribution in [0.3, 0.4) is 0 Å². The van der Waals surface area contributed by atoms with Crippen LogP contribution in [0.25, 0.3) is 22.1 Å². The smallest absolute Gasteiger partial charge is 0.407 e. The molecular formula is C95H119ClF2N16O16S. The molecule has 12 atom stereocenters. The van der Waals surface area contributed by atoms with E-state index < -0.39 is 110 Å². The fourth-order valence-electron chi connectivity index (χ4n) is 19.5. The Morgan fingerprint density at radius 2 is 0.817 bits per heavy atom. The van der Waals surface area contributed by atoms with E-state index in [0.717, 1.165) is 89.1 Å². The van der Waals surface area contributed by atoms with E-state index in [1.165, 1.54) is 56.4 Å². The lowest BCUT2D eigenvalue weighted by atomic mass is 9.90. The number of alkyl carbamates (subject to hydrolysis) is 2. The average Bonchev–Trinajstić information content (AvgIpc) is 1.52. The van der Waals surface area contributed by atoms with Gasteiger partial charge in [0.25, 0.3) is 0 Å². The molecule has 10 N–H and O–H groups in total. The molecule has 36 heteroatoms. The number of carbonyl (C=O) groups excluding carboxylic acids is 10. The number of aromatic nitrogens is 4. The molecule has 0 unspecified atom stereocenters. The molecular weight excluding hydrogens is 1730 g/mol. The Labute approximate surface area is 765 Å². The Kier molecular flexibility index (Phi) is 30.3. The number of rotatable bonds is 27. The van der Waals surface area contributed by atoms with Crippen LogP contribution in [-0.2, 0) is 67.1 Å². The number of carbonyl (C=O) groups is 10. The van der Waals surface area contributed by atoms with Gasteiger partial charge >= 0.3 is 24.1 Å². The third-order valence-electron chi connectivity index (χ3n) is 26.5. The number of nitrogen functional groups attached to an aromatic ring is 2. The van der Waals surface area contributed by atoms with Crippen LogP contribution in [0.15, 0.2) is 114 Å². The van der Waals surface area contributed by atoms with Gasteiger partial charge in [0.1, 0.15) is 52.3 Å². The Balaban J connectivity index is 0.000000224. The molecule has 0 radical (unpaired) electrons. The number of sulfone groups is 1. The maximum atomic E-state index is 15.6. The number of imidazole rings is 2. The van der Waals surface area contributed by atoms with Crippen LogP contribution in [0.5, 0.6) is 0 Å². The first-order valence-electron chi connectivity index (χ1n) is 44.9. The van der Waals surface area contributed by atoms with Crippen LogP contribution < -0.4 is 42.5 Å². The van der Waals surface area contributed by atoms with Crippen molar-refractivity contribution >= 4 is 137 Å². The highest BCUT2D eigenvalue weighted by atomic mass is 35.5. The van der Waals surface area contributed by atoms with Gasteiger partial charge in [0, 0.05) is 43.8 Å². The van der Waals surface area contributed by atoms with Crippen molar-refractivity contribution in [2.45, 2.75) is 211 Å². The summed E-state index contributed by atoms with van der Waals surface area (Å²) in [5, 5.41) is 11.3. The number of halogens is 3. The predicted octanol–water partition coefficient (Wildman–Crippen LogP) is 14.4. The van der Waals surface area contributed by atoms with E-state index in [2.05, 4.69) is 60.4 Å². The molecule has 6 aliphatic rings. The number of nitrogens with zero attached hydrogens (tertiary/aromatic N) is 8. The highest BCUT2D eigenvalue weighted by Crippen LogP contribution is 2.51. The zero-order chi connectivity index (χ0) is 94.5. The fourth-order valence-corrected chi connectivity index (χ4v) is 20.3. The van der Waals surface area contributed by atoms with Gasteiger partial charge in [0.15, 0.2) is 9.84 Å². The minimum absolute atomic E-state index is 0.0457. The van der Waals surface area contributed by atoms with Crippen molar-refractivity contribution in [2.24, 2.45) is 35.5 Å². The zero-order valence-corrected chi connectivity index (χ0v) is 77.7. The number of fused-ring (bicyclic) bond motifs is 2. The highest BCUT2D eigenvalue weighted by Gasteiger charge is 2.46. The number of hydrogen-bond acceptors (Lipinski definition) is 22. The quantitative estimate of drug-likeness (QED) is 0.0135. The van der Waals surface area contributed by atoms with Gasteiger partial charge in [-0.3, -0.25) is 38.4 Å². The van der Waals surface area contributed by atoms with Gasteiger partial charge in [-0.05, 0) is 208 Å². The van der Waals surface area contributed by atoms with Gasteiger partial charge in [-0.15, -0.1) is 0 Å². The number of nitrogens with two attached hydrogens (primary N) is 2. The molecule has 6 aliphatic heterocycles. The van der Waals surface area contributed by atoms with Crippen LogP contribution in [0, 0.1) is 47.1 Å². The average molecular weight is 1850 g/mol. The Morgan fingerprint density at radius 1 is 0.450 bits per heavy atom. The van der Waals surface area contributed by atoms with Crippen LogP contribution in [0.2, 0.25) is 5.02 Å². The number of anilines is 6. The van der Waals surface area contributed by atoms with Crippen molar-refractivity contribution in [1.82, 2.24) is 50.2 Å². The summed E-state index contributed by atoms with van der Waals surface area (Å²) >= 11 is 6.21. The second kappa shape index (κ2) is 41.1. The van der Waals surface area contributed by atoms with Gasteiger partial charge in [0.2, 0.25) is 35.4 Å². The monoisotopic (exact) mass is 1840 g/mol. The van der Waals surface area contributed by atoms with E-state index in [1.807, 2.05) is 78.5 Å². The molecule has 6 saturated heterocycles. The first-order chi connectivity index (χ1) is 62.4. The Hall–Kier alpha value is -12.1. The molecule has 0 aliphatic carbocycles. The van der Waals surface area contributed by atoms with E-state index in [9.17, 15) is 56.4 Å². The molecule has 131 heavy (non-hydrogen) atoms. The summed E-state index contributed by atoms with van der Waals surface area (Å²) in [7, 11) is 1.22. The summed E-state index contributed by atoms with van der Waals surface area (Å²) in [5.74, 6) is -4.75. The lowest BCUT2D eigenvalue weighted by Gasteiger charge is -2.34. The lowest BCUT2D eigenvalue weighted by Crippen LogP contribution is -2.51. The molecule has 0 bridgehead atoms. The van der Waals surface area contributed by atoms with Gasteiger partial charge < -0.3 is 91.0 Å².